The Morgan fingerprint density at radius 1 is 0.733 bits per heavy atom. The number of nitrogens with zero attached hydrogens (tertiary/aromatic N) is 2. The van der Waals surface area contributed by atoms with Crippen molar-refractivity contribution in [3.63, 3.8) is 0 Å². The van der Waals surface area contributed by atoms with Gasteiger partial charge in [-0.05, 0) is 43.5 Å². The van der Waals surface area contributed by atoms with Crippen LogP contribution in [0.25, 0.3) is 0 Å². The zero-order chi connectivity index (χ0) is 21.4. The molecule has 2 aromatic rings. The van der Waals surface area contributed by atoms with E-state index < -0.39 is 23.8 Å². The molecular formula is C22H18N2O6. The second kappa shape index (κ2) is 7.55. The van der Waals surface area contributed by atoms with Crippen molar-refractivity contribution < 1.29 is 29.1 Å². The van der Waals surface area contributed by atoms with Crippen LogP contribution in [0, 0.1) is 0 Å². The molecule has 2 aromatic carbocycles. The predicted molar refractivity (Wildman–Crippen MR) is 104 cm³/mol. The van der Waals surface area contributed by atoms with Gasteiger partial charge in [0.05, 0.1) is 22.3 Å². The van der Waals surface area contributed by atoms with Gasteiger partial charge in [-0.3, -0.25) is 29.0 Å². The number of unbranched alkanes of at least 4 members (excludes halogenated alkanes) is 1. The van der Waals surface area contributed by atoms with Gasteiger partial charge < -0.3 is 5.11 Å². The first-order valence-corrected chi connectivity index (χ1v) is 9.56. The van der Waals surface area contributed by atoms with E-state index in [9.17, 15) is 29.1 Å². The van der Waals surface area contributed by atoms with Crippen LogP contribution in [0.1, 0.15) is 60.7 Å². The number of imide groups is 2. The molecule has 0 saturated carbocycles. The number of aliphatic carboxylic acids is 1. The molecule has 1 atom stereocenters. The summed E-state index contributed by atoms with van der Waals surface area (Å²) in [6.45, 7) is 0.140. The third-order valence-electron chi connectivity index (χ3n) is 5.41. The molecule has 0 aromatic heterocycles. The Kier molecular flexibility index (Phi) is 4.91. The van der Waals surface area contributed by atoms with Gasteiger partial charge in [0.15, 0.2) is 0 Å². The zero-order valence-electron chi connectivity index (χ0n) is 15.9. The average Bonchev–Trinajstić information content (AvgIpc) is 3.14. The summed E-state index contributed by atoms with van der Waals surface area (Å²) in [4.78, 5) is 63.6. The highest BCUT2D eigenvalue weighted by Crippen LogP contribution is 2.27. The quantitative estimate of drug-likeness (QED) is 0.557. The summed E-state index contributed by atoms with van der Waals surface area (Å²) >= 11 is 0. The normalized spacial score (nSPS) is 16.1. The molecule has 0 saturated heterocycles. The molecule has 0 spiro atoms. The van der Waals surface area contributed by atoms with Gasteiger partial charge >= 0.3 is 5.97 Å². The summed E-state index contributed by atoms with van der Waals surface area (Å²) < 4.78 is 0. The maximum Gasteiger partial charge on any atom is 0.326 e. The topological polar surface area (TPSA) is 112 Å². The highest BCUT2D eigenvalue weighted by atomic mass is 16.4. The zero-order valence-corrected chi connectivity index (χ0v) is 15.9. The van der Waals surface area contributed by atoms with Crippen molar-refractivity contribution in [2.45, 2.75) is 25.3 Å². The van der Waals surface area contributed by atoms with Gasteiger partial charge in [0.25, 0.3) is 23.6 Å². The number of fused-ring (bicyclic) bond motifs is 2. The molecule has 2 heterocycles. The summed E-state index contributed by atoms with van der Waals surface area (Å²) in [7, 11) is 0. The first kappa shape index (κ1) is 19.5. The van der Waals surface area contributed by atoms with E-state index >= 15 is 0 Å². The van der Waals surface area contributed by atoms with Crippen molar-refractivity contribution in [3.8, 4) is 0 Å². The van der Waals surface area contributed by atoms with Crippen molar-refractivity contribution in [1.82, 2.24) is 9.80 Å². The van der Waals surface area contributed by atoms with E-state index in [-0.39, 0.29) is 35.9 Å². The highest BCUT2D eigenvalue weighted by Gasteiger charge is 2.42. The maximum atomic E-state index is 12.6. The van der Waals surface area contributed by atoms with Crippen LogP contribution in [0.2, 0.25) is 0 Å². The van der Waals surface area contributed by atoms with E-state index in [1.54, 1.807) is 36.4 Å². The van der Waals surface area contributed by atoms with E-state index in [0.717, 1.165) is 9.80 Å². The number of benzene rings is 2. The van der Waals surface area contributed by atoms with Crippen molar-refractivity contribution in [2.24, 2.45) is 0 Å². The van der Waals surface area contributed by atoms with Crippen LogP contribution in [0.3, 0.4) is 0 Å². The molecule has 2 aliphatic rings. The molecule has 0 bridgehead atoms. The lowest BCUT2D eigenvalue weighted by atomic mass is 10.1. The number of carboxylic acid groups (broad SMARTS) is 1. The fraction of sp³-hybridized carbons (Fsp3) is 0.227. The number of hydrogen-bond donors (Lipinski definition) is 1. The molecular weight excluding hydrogens is 388 g/mol. The van der Waals surface area contributed by atoms with Crippen molar-refractivity contribution in [3.05, 3.63) is 70.8 Å². The van der Waals surface area contributed by atoms with Gasteiger partial charge in [-0.25, -0.2) is 4.79 Å². The molecule has 0 radical (unpaired) electrons. The van der Waals surface area contributed by atoms with Crippen LogP contribution in [0.4, 0.5) is 0 Å². The number of carbonyl (C=O) groups excluding carboxylic acids is 4. The minimum Gasteiger partial charge on any atom is -0.480 e. The summed E-state index contributed by atoms with van der Waals surface area (Å²) in [6, 6.07) is 11.5. The summed E-state index contributed by atoms with van der Waals surface area (Å²) in [5.41, 5.74) is 1.11. The van der Waals surface area contributed by atoms with E-state index in [2.05, 4.69) is 0 Å². The van der Waals surface area contributed by atoms with Crippen molar-refractivity contribution in [2.75, 3.05) is 6.54 Å². The van der Waals surface area contributed by atoms with Crippen molar-refractivity contribution >= 4 is 29.6 Å². The Morgan fingerprint density at radius 3 is 1.60 bits per heavy atom. The number of carbonyl (C=O) groups is 5. The number of rotatable bonds is 7. The second-order valence-corrected chi connectivity index (χ2v) is 7.18. The minimum atomic E-state index is -1.31. The molecule has 4 rings (SSSR count). The Bertz CT molecular complexity index is 1020. The Morgan fingerprint density at radius 2 is 1.17 bits per heavy atom. The van der Waals surface area contributed by atoms with E-state index in [1.807, 2.05) is 0 Å². The Balaban J connectivity index is 1.39. The van der Waals surface area contributed by atoms with Crippen molar-refractivity contribution in [1.29, 1.82) is 0 Å². The monoisotopic (exact) mass is 406 g/mol. The largest absolute Gasteiger partial charge is 0.480 e. The molecule has 0 unspecified atom stereocenters. The fourth-order valence-corrected chi connectivity index (χ4v) is 3.90. The van der Waals surface area contributed by atoms with E-state index in [0.29, 0.717) is 24.0 Å². The summed E-state index contributed by atoms with van der Waals surface area (Å²) in [5, 5.41) is 9.60. The molecule has 2 aliphatic heterocycles. The average molecular weight is 406 g/mol. The molecule has 0 aliphatic carbocycles. The van der Waals surface area contributed by atoms with E-state index in [4.69, 9.17) is 0 Å². The van der Waals surface area contributed by atoms with Crippen LogP contribution < -0.4 is 0 Å². The minimum absolute atomic E-state index is 0.0317. The second-order valence-electron chi connectivity index (χ2n) is 7.18. The van der Waals surface area contributed by atoms with Crippen LogP contribution in [0.15, 0.2) is 48.5 Å². The highest BCUT2D eigenvalue weighted by molar-refractivity contribution is 6.23. The van der Waals surface area contributed by atoms with Gasteiger partial charge in [0, 0.05) is 6.54 Å². The molecule has 4 amide bonds. The van der Waals surface area contributed by atoms with Gasteiger partial charge in [-0.1, -0.05) is 24.3 Å². The lowest BCUT2D eigenvalue weighted by Gasteiger charge is -2.22. The SMILES string of the molecule is O=C(O)[C@@H](CCCCN1C(=O)c2ccccc2C1=O)N1C(=O)c2ccccc2C1=O. The van der Waals surface area contributed by atoms with E-state index in [1.165, 1.54) is 12.1 Å². The predicted octanol–water partition coefficient (Wildman–Crippen LogP) is 2.20. The van der Waals surface area contributed by atoms with Gasteiger partial charge in [-0.2, -0.15) is 0 Å². The summed E-state index contributed by atoms with van der Waals surface area (Å²) in [5.74, 6) is -3.26. The Hall–Kier alpha value is -3.81. The molecule has 30 heavy (non-hydrogen) atoms. The van der Waals surface area contributed by atoms with Gasteiger partial charge in [0.1, 0.15) is 6.04 Å². The van der Waals surface area contributed by atoms with Crippen LogP contribution in [-0.4, -0.2) is 57.1 Å². The fourth-order valence-electron chi connectivity index (χ4n) is 3.90. The lowest BCUT2D eigenvalue weighted by molar-refractivity contribution is -0.141. The smallest absolute Gasteiger partial charge is 0.326 e. The third kappa shape index (κ3) is 3.06. The first-order valence-electron chi connectivity index (χ1n) is 9.56. The Labute approximate surface area is 171 Å². The lowest BCUT2D eigenvalue weighted by Crippen LogP contribution is -2.44. The van der Waals surface area contributed by atoms with Crippen LogP contribution in [0.5, 0.6) is 0 Å². The van der Waals surface area contributed by atoms with Gasteiger partial charge in [0.2, 0.25) is 0 Å². The number of hydrogen-bond acceptors (Lipinski definition) is 5. The molecule has 8 nitrogen and oxygen atoms in total. The van der Waals surface area contributed by atoms with Gasteiger partial charge in [-0.15, -0.1) is 0 Å². The maximum absolute atomic E-state index is 12.6. The first-order chi connectivity index (χ1) is 14.4. The summed E-state index contributed by atoms with van der Waals surface area (Å²) in [6.07, 6.45) is 0.708. The molecule has 152 valence electrons. The molecule has 1 N–H and O–H groups in total. The number of carboxylic acids is 1. The third-order valence-corrected chi connectivity index (χ3v) is 5.41. The number of amides is 4. The molecule has 8 heteroatoms. The standard InChI is InChI=1S/C22H18N2O6/c25-18-13-7-1-2-8-14(13)19(26)23(18)12-6-5-11-17(22(29)30)24-20(27)15-9-3-4-10-16(15)21(24)28/h1-4,7-10,17H,5-6,11-12H2,(H,29,30)/t17-/m1/s1. The van der Waals surface area contributed by atoms with Crippen LogP contribution in [-0.2, 0) is 4.79 Å². The molecule has 0 fully saturated rings. The van der Waals surface area contributed by atoms with Crippen LogP contribution >= 0.6 is 0 Å².